The summed E-state index contributed by atoms with van der Waals surface area (Å²) in [6.07, 6.45) is 2.98. The number of carbonyl (C=O) groups is 1. The third-order valence-electron chi connectivity index (χ3n) is 4.60. The number of pyridine rings is 1. The van der Waals surface area contributed by atoms with Crippen molar-refractivity contribution in [3.8, 4) is 17.2 Å². The van der Waals surface area contributed by atoms with Crippen LogP contribution in [0.15, 0.2) is 53.2 Å². The van der Waals surface area contributed by atoms with Gasteiger partial charge in [0.25, 0.3) is 11.8 Å². The van der Waals surface area contributed by atoms with Gasteiger partial charge in [-0.2, -0.15) is 4.98 Å². The first-order valence-electron chi connectivity index (χ1n) is 10.1. The highest BCUT2D eigenvalue weighted by Crippen LogP contribution is 2.38. The second kappa shape index (κ2) is 9.30. The van der Waals surface area contributed by atoms with Gasteiger partial charge in [0.15, 0.2) is 5.75 Å². The van der Waals surface area contributed by atoms with Gasteiger partial charge >= 0.3 is 0 Å². The van der Waals surface area contributed by atoms with Gasteiger partial charge in [0.1, 0.15) is 17.2 Å². The van der Waals surface area contributed by atoms with Crippen LogP contribution >= 0.6 is 0 Å². The molecule has 0 radical (unpaired) electrons. The summed E-state index contributed by atoms with van der Waals surface area (Å²) in [5.74, 6) is 1.64. The topological polar surface area (TPSA) is 154 Å². The quantitative estimate of drug-likeness (QED) is 0.365. The SMILES string of the molecule is COc1c(Nc2nc(Nc3ccccn3)ncc2C(N)=O)cccc1-c1nnc(C(C)C)o1. The lowest BCUT2D eigenvalue weighted by Gasteiger charge is -2.15. The summed E-state index contributed by atoms with van der Waals surface area (Å²) in [6, 6.07) is 10.7. The fraction of sp³-hybridized carbons (Fsp3) is 0.182. The van der Waals surface area contributed by atoms with E-state index in [4.69, 9.17) is 14.9 Å². The van der Waals surface area contributed by atoms with Gasteiger partial charge in [-0.25, -0.2) is 9.97 Å². The Morgan fingerprint density at radius 1 is 1.09 bits per heavy atom. The Kier molecular flexibility index (Phi) is 6.11. The summed E-state index contributed by atoms with van der Waals surface area (Å²) in [7, 11) is 1.52. The minimum Gasteiger partial charge on any atom is -0.494 e. The molecule has 0 bridgehead atoms. The van der Waals surface area contributed by atoms with Gasteiger partial charge in [-0.3, -0.25) is 4.79 Å². The number of rotatable bonds is 8. The Bertz CT molecular complexity index is 1270. The molecular weight excluding hydrogens is 424 g/mol. The molecule has 4 N–H and O–H groups in total. The lowest BCUT2D eigenvalue weighted by Crippen LogP contribution is -2.16. The standard InChI is InChI=1S/C22H22N8O3/c1-12(2)20-29-30-21(33-20)13-7-6-8-15(17(13)32-3)26-19-14(18(23)31)11-25-22(28-19)27-16-9-4-5-10-24-16/h4-12H,1-3H3,(H2,23,31)(H2,24,25,26,27,28). The van der Waals surface area contributed by atoms with E-state index in [9.17, 15) is 4.79 Å². The van der Waals surface area contributed by atoms with E-state index in [0.29, 0.717) is 34.6 Å². The molecule has 0 spiro atoms. The molecule has 0 atom stereocenters. The van der Waals surface area contributed by atoms with Gasteiger partial charge in [0, 0.05) is 18.3 Å². The van der Waals surface area contributed by atoms with E-state index in [1.54, 1.807) is 36.5 Å². The number of nitrogens with zero attached hydrogens (tertiary/aromatic N) is 5. The molecule has 11 heteroatoms. The largest absolute Gasteiger partial charge is 0.494 e. The number of primary amides is 1. The van der Waals surface area contributed by atoms with Crippen LogP contribution in [-0.4, -0.2) is 38.2 Å². The number of hydrogen-bond donors (Lipinski definition) is 3. The monoisotopic (exact) mass is 446 g/mol. The number of ether oxygens (including phenoxy) is 1. The Labute approximate surface area is 189 Å². The van der Waals surface area contributed by atoms with Crippen LogP contribution in [0.1, 0.15) is 36.0 Å². The van der Waals surface area contributed by atoms with Crippen LogP contribution in [-0.2, 0) is 0 Å². The van der Waals surface area contributed by atoms with Crippen LogP contribution in [0.25, 0.3) is 11.5 Å². The lowest BCUT2D eigenvalue weighted by atomic mass is 10.1. The number of hydrogen-bond acceptors (Lipinski definition) is 10. The summed E-state index contributed by atoms with van der Waals surface area (Å²) in [5.41, 5.74) is 6.75. The number of aromatic nitrogens is 5. The Hall–Kier alpha value is -4.54. The van der Waals surface area contributed by atoms with Crippen LogP contribution in [0.2, 0.25) is 0 Å². The van der Waals surface area contributed by atoms with Crippen molar-refractivity contribution in [2.45, 2.75) is 19.8 Å². The van der Waals surface area contributed by atoms with E-state index >= 15 is 0 Å². The zero-order valence-corrected chi connectivity index (χ0v) is 18.2. The van der Waals surface area contributed by atoms with E-state index in [-0.39, 0.29) is 23.2 Å². The number of carbonyl (C=O) groups excluding carboxylic acids is 1. The summed E-state index contributed by atoms with van der Waals surface area (Å²) >= 11 is 0. The average Bonchev–Trinajstić information content (AvgIpc) is 3.30. The highest BCUT2D eigenvalue weighted by Gasteiger charge is 2.20. The van der Waals surface area contributed by atoms with E-state index in [1.807, 2.05) is 19.9 Å². The summed E-state index contributed by atoms with van der Waals surface area (Å²) in [4.78, 5) is 24.7. The molecule has 0 aliphatic rings. The zero-order chi connectivity index (χ0) is 23.4. The predicted molar refractivity (Wildman–Crippen MR) is 122 cm³/mol. The van der Waals surface area contributed by atoms with E-state index in [0.717, 1.165) is 0 Å². The number of methoxy groups -OCH3 is 1. The summed E-state index contributed by atoms with van der Waals surface area (Å²) < 4.78 is 11.4. The minimum atomic E-state index is -0.685. The molecule has 3 heterocycles. The first kappa shape index (κ1) is 21.7. The van der Waals surface area contributed by atoms with Crippen molar-refractivity contribution in [2.24, 2.45) is 5.73 Å². The first-order chi connectivity index (χ1) is 16.0. The van der Waals surface area contributed by atoms with Crippen LogP contribution < -0.4 is 21.1 Å². The number of amides is 1. The van der Waals surface area contributed by atoms with E-state index in [1.165, 1.54) is 13.3 Å². The van der Waals surface area contributed by atoms with Gasteiger partial charge < -0.3 is 25.5 Å². The van der Waals surface area contributed by atoms with Crippen molar-refractivity contribution in [2.75, 3.05) is 17.7 Å². The van der Waals surface area contributed by atoms with Crippen molar-refractivity contribution >= 4 is 29.2 Å². The number of anilines is 4. The molecule has 0 aliphatic carbocycles. The second-order valence-corrected chi connectivity index (χ2v) is 7.27. The fourth-order valence-corrected chi connectivity index (χ4v) is 3.00. The van der Waals surface area contributed by atoms with Crippen molar-refractivity contribution in [3.05, 3.63) is 60.2 Å². The van der Waals surface area contributed by atoms with Crippen molar-refractivity contribution < 1.29 is 13.9 Å². The zero-order valence-electron chi connectivity index (χ0n) is 18.2. The number of nitrogens with one attached hydrogen (secondary N) is 2. The number of nitrogens with two attached hydrogens (primary N) is 1. The summed E-state index contributed by atoms with van der Waals surface area (Å²) in [5, 5.41) is 14.3. The number of para-hydroxylation sites is 1. The fourth-order valence-electron chi connectivity index (χ4n) is 3.00. The normalized spacial score (nSPS) is 10.8. The molecule has 4 rings (SSSR count). The molecule has 11 nitrogen and oxygen atoms in total. The molecule has 3 aromatic heterocycles. The van der Waals surface area contributed by atoms with Crippen LogP contribution in [0.4, 0.5) is 23.3 Å². The molecule has 168 valence electrons. The molecule has 4 aromatic rings. The van der Waals surface area contributed by atoms with Gasteiger partial charge in [-0.1, -0.05) is 26.0 Å². The smallest absolute Gasteiger partial charge is 0.254 e. The molecule has 33 heavy (non-hydrogen) atoms. The Morgan fingerprint density at radius 2 is 1.94 bits per heavy atom. The van der Waals surface area contributed by atoms with E-state index in [2.05, 4.69) is 35.8 Å². The first-order valence-corrected chi connectivity index (χ1v) is 10.1. The maximum absolute atomic E-state index is 12.0. The predicted octanol–water partition coefficient (Wildman–Crippen LogP) is 3.64. The number of benzene rings is 1. The third kappa shape index (κ3) is 4.71. The van der Waals surface area contributed by atoms with Crippen molar-refractivity contribution in [3.63, 3.8) is 0 Å². The van der Waals surface area contributed by atoms with Crippen molar-refractivity contribution in [1.82, 2.24) is 25.1 Å². The van der Waals surface area contributed by atoms with Gasteiger partial charge in [0.2, 0.25) is 11.8 Å². The van der Waals surface area contributed by atoms with Crippen molar-refractivity contribution in [1.29, 1.82) is 0 Å². The third-order valence-corrected chi connectivity index (χ3v) is 4.60. The minimum absolute atomic E-state index is 0.0859. The molecule has 0 unspecified atom stereocenters. The Balaban J connectivity index is 1.71. The molecular formula is C22H22N8O3. The highest BCUT2D eigenvalue weighted by atomic mass is 16.5. The van der Waals surface area contributed by atoms with Crippen LogP contribution in [0.3, 0.4) is 0 Å². The molecule has 1 amide bonds. The van der Waals surface area contributed by atoms with Gasteiger partial charge in [-0.15, -0.1) is 10.2 Å². The van der Waals surface area contributed by atoms with Crippen LogP contribution in [0.5, 0.6) is 5.75 Å². The maximum atomic E-state index is 12.0. The van der Waals surface area contributed by atoms with Crippen LogP contribution in [0, 0.1) is 0 Å². The van der Waals surface area contributed by atoms with E-state index < -0.39 is 5.91 Å². The molecule has 0 saturated carbocycles. The van der Waals surface area contributed by atoms with Gasteiger partial charge in [-0.05, 0) is 24.3 Å². The molecule has 0 aliphatic heterocycles. The average molecular weight is 446 g/mol. The molecule has 0 saturated heterocycles. The second-order valence-electron chi connectivity index (χ2n) is 7.27. The molecule has 0 fully saturated rings. The van der Waals surface area contributed by atoms with Gasteiger partial charge in [0.05, 0.1) is 18.4 Å². The maximum Gasteiger partial charge on any atom is 0.254 e. The highest BCUT2D eigenvalue weighted by molar-refractivity contribution is 5.98. The Morgan fingerprint density at radius 3 is 2.61 bits per heavy atom. The lowest BCUT2D eigenvalue weighted by molar-refractivity contribution is 0.100. The summed E-state index contributed by atoms with van der Waals surface area (Å²) in [6.45, 7) is 3.92. The molecule has 1 aromatic carbocycles.